The van der Waals surface area contributed by atoms with Gasteiger partial charge in [-0.3, -0.25) is 9.59 Å². The molecule has 0 heterocycles. The van der Waals surface area contributed by atoms with E-state index >= 15 is 0 Å². The number of ether oxygens (including phenoxy) is 2. The molecule has 0 bridgehead atoms. The molecule has 30 heavy (non-hydrogen) atoms. The highest BCUT2D eigenvalue weighted by molar-refractivity contribution is 9.10. The number of benzene rings is 2. The van der Waals surface area contributed by atoms with E-state index in [9.17, 15) is 14.4 Å². The van der Waals surface area contributed by atoms with E-state index in [4.69, 9.17) is 4.74 Å². The second kappa shape index (κ2) is 12.6. The number of aryl methyl sites for hydroxylation is 1. The van der Waals surface area contributed by atoms with E-state index in [0.717, 1.165) is 10.0 Å². The molecular formula is C22H25BrN2O5. The third kappa shape index (κ3) is 8.65. The van der Waals surface area contributed by atoms with E-state index < -0.39 is 6.16 Å². The molecule has 0 aliphatic heterocycles. The van der Waals surface area contributed by atoms with Crippen molar-refractivity contribution in [2.24, 2.45) is 0 Å². The lowest BCUT2D eigenvalue weighted by atomic mass is 10.1. The third-order valence-corrected chi connectivity index (χ3v) is 4.62. The summed E-state index contributed by atoms with van der Waals surface area (Å²) in [6.45, 7) is 2.84. The Bertz CT molecular complexity index is 838. The molecule has 2 aromatic rings. The van der Waals surface area contributed by atoms with Gasteiger partial charge in [0.2, 0.25) is 5.91 Å². The summed E-state index contributed by atoms with van der Waals surface area (Å²) in [7, 11) is 0. The zero-order chi connectivity index (χ0) is 21.8. The number of hydrogen-bond donors (Lipinski definition) is 2. The van der Waals surface area contributed by atoms with E-state index in [1.54, 1.807) is 19.1 Å². The second-order valence-electron chi connectivity index (χ2n) is 6.40. The fourth-order valence-corrected chi connectivity index (χ4v) is 2.80. The van der Waals surface area contributed by atoms with E-state index in [2.05, 4.69) is 31.3 Å². The normalized spacial score (nSPS) is 10.2. The molecular weight excluding hydrogens is 452 g/mol. The number of halogens is 1. The van der Waals surface area contributed by atoms with Gasteiger partial charge in [-0.05, 0) is 61.7 Å². The van der Waals surface area contributed by atoms with Crippen molar-refractivity contribution in [3.8, 4) is 5.75 Å². The summed E-state index contributed by atoms with van der Waals surface area (Å²) in [5.41, 5.74) is 1.56. The third-order valence-electron chi connectivity index (χ3n) is 4.10. The zero-order valence-corrected chi connectivity index (χ0v) is 18.4. The van der Waals surface area contributed by atoms with Gasteiger partial charge in [-0.2, -0.15) is 0 Å². The van der Waals surface area contributed by atoms with Crippen LogP contribution in [0.2, 0.25) is 0 Å². The first-order valence-electron chi connectivity index (χ1n) is 9.72. The largest absolute Gasteiger partial charge is 0.513 e. The molecule has 2 amide bonds. The quantitative estimate of drug-likeness (QED) is 0.308. The van der Waals surface area contributed by atoms with E-state index in [1.165, 1.54) is 12.1 Å². The van der Waals surface area contributed by atoms with Crippen LogP contribution in [-0.4, -0.2) is 37.7 Å². The summed E-state index contributed by atoms with van der Waals surface area (Å²) in [6, 6.07) is 14.1. The minimum absolute atomic E-state index is 0.0126. The van der Waals surface area contributed by atoms with Crippen LogP contribution in [0, 0.1) is 0 Å². The molecule has 160 valence electrons. The van der Waals surface area contributed by atoms with Gasteiger partial charge in [0.1, 0.15) is 5.75 Å². The molecule has 0 saturated carbocycles. The molecule has 7 nitrogen and oxygen atoms in total. The molecule has 2 aromatic carbocycles. The van der Waals surface area contributed by atoms with Gasteiger partial charge in [0.15, 0.2) is 0 Å². The van der Waals surface area contributed by atoms with Gasteiger partial charge in [-0.25, -0.2) is 4.79 Å². The van der Waals surface area contributed by atoms with Crippen LogP contribution < -0.4 is 15.4 Å². The van der Waals surface area contributed by atoms with Crippen molar-refractivity contribution in [2.45, 2.75) is 26.2 Å². The lowest BCUT2D eigenvalue weighted by Gasteiger charge is -2.08. The average molecular weight is 477 g/mol. The van der Waals surface area contributed by atoms with Crippen molar-refractivity contribution in [2.75, 3.05) is 19.7 Å². The summed E-state index contributed by atoms with van der Waals surface area (Å²) in [6.07, 6.45) is 0.952. The number of hydrogen-bond acceptors (Lipinski definition) is 5. The fourth-order valence-electron chi connectivity index (χ4n) is 2.54. The van der Waals surface area contributed by atoms with Gasteiger partial charge in [0, 0.05) is 29.5 Å². The average Bonchev–Trinajstić information content (AvgIpc) is 2.73. The summed E-state index contributed by atoms with van der Waals surface area (Å²) in [4.78, 5) is 35.3. The summed E-state index contributed by atoms with van der Waals surface area (Å²) in [5, 5.41) is 5.64. The number of carbonyl (C=O) groups excluding carboxylic acids is 3. The molecule has 0 aliphatic rings. The lowest BCUT2D eigenvalue weighted by molar-refractivity contribution is -0.121. The minimum atomic E-state index is -0.784. The fraction of sp³-hybridized carbons (Fsp3) is 0.318. The van der Waals surface area contributed by atoms with Crippen molar-refractivity contribution in [3.05, 3.63) is 64.1 Å². The van der Waals surface area contributed by atoms with Crippen LogP contribution >= 0.6 is 15.9 Å². The second-order valence-corrected chi connectivity index (χ2v) is 7.31. The van der Waals surface area contributed by atoms with Gasteiger partial charge in [-0.1, -0.05) is 28.1 Å². The number of nitrogens with one attached hydrogen (secondary N) is 2. The number of rotatable bonds is 10. The predicted octanol–water partition coefficient (Wildman–Crippen LogP) is 3.85. The molecule has 0 saturated heterocycles. The molecule has 0 radical (unpaired) electrons. The Kier molecular flexibility index (Phi) is 9.86. The maximum atomic E-state index is 12.1. The molecule has 0 unspecified atom stereocenters. The van der Waals surface area contributed by atoms with Crippen molar-refractivity contribution in [3.63, 3.8) is 0 Å². The smallest absolute Gasteiger partial charge is 0.434 e. The molecule has 2 N–H and O–H groups in total. The highest BCUT2D eigenvalue weighted by Gasteiger charge is 2.08. The van der Waals surface area contributed by atoms with Crippen LogP contribution in [0.5, 0.6) is 5.75 Å². The van der Waals surface area contributed by atoms with Crippen molar-refractivity contribution in [1.82, 2.24) is 10.6 Å². The first-order valence-corrected chi connectivity index (χ1v) is 10.5. The molecule has 0 fully saturated rings. The van der Waals surface area contributed by atoms with Crippen LogP contribution in [0.3, 0.4) is 0 Å². The molecule has 0 spiro atoms. The zero-order valence-electron chi connectivity index (χ0n) is 16.8. The van der Waals surface area contributed by atoms with Gasteiger partial charge in [0.05, 0.1) is 6.61 Å². The van der Waals surface area contributed by atoms with Crippen molar-refractivity contribution in [1.29, 1.82) is 0 Å². The predicted molar refractivity (Wildman–Crippen MR) is 117 cm³/mol. The van der Waals surface area contributed by atoms with Gasteiger partial charge >= 0.3 is 6.16 Å². The number of amides is 2. The Morgan fingerprint density at radius 3 is 2.27 bits per heavy atom. The van der Waals surface area contributed by atoms with E-state index in [1.807, 2.05) is 24.3 Å². The highest BCUT2D eigenvalue weighted by atomic mass is 79.9. The lowest BCUT2D eigenvalue weighted by Crippen LogP contribution is -2.30. The SMILES string of the molecule is CCOC(=O)Oc1ccc(C(=O)NCCCNC(=O)CCc2ccc(Br)cc2)cc1. The Labute approximate surface area is 184 Å². The van der Waals surface area contributed by atoms with Crippen LogP contribution in [0.15, 0.2) is 53.0 Å². The molecule has 2 rings (SSSR count). The Morgan fingerprint density at radius 2 is 1.60 bits per heavy atom. The van der Waals surface area contributed by atoms with E-state index in [-0.39, 0.29) is 18.4 Å². The van der Waals surface area contributed by atoms with Gasteiger partial charge < -0.3 is 20.1 Å². The van der Waals surface area contributed by atoms with Crippen molar-refractivity contribution < 1.29 is 23.9 Å². The summed E-state index contributed by atoms with van der Waals surface area (Å²) in [5.74, 6) is 0.0523. The standard InChI is InChI=1S/C22H25BrN2O5/c1-2-29-22(28)30-19-11-7-17(8-12-19)21(27)25-15-3-14-24-20(26)13-6-16-4-9-18(23)10-5-16/h4-5,7-12H,2-3,6,13-15H2,1H3,(H,24,26)(H,25,27). The first-order chi connectivity index (χ1) is 14.5. The monoisotopic (exact) mass is 476 g/mol. The maximum absolute atomic E-state index is 12.1. The summed E-state index contributed by atoms with van der Waals surface area (Å²) >= 11 is 3.38. The molecule has 0 atom stereocenters. The highest BCUT2D eigenvalue weighted by Crippen LogP contribution is 2.13. The van der Waals surface area contributed by atoms with Crippen LogP contribution in [-0.2, 0) is 16.0 Å². The molecule has 8 heteroatoms. The van der Waals surface area contributed by atoms with Crippen LogP contribution in [0.1, 0.15) is 35.7 Å². The van der Waals surface area contributed by atoms with Crippen molar-refractivity contribution >= 4 is 33.9 Å². The molecule has 0 aromatic heterocycles. The van der Waals surface area contributed by atoms with Gasteiger partial charge in [-0.15, -0.1) is 0 Å². The topological polar surface area (TPSA) is 93.7 Å². The Morgan fingerprint density at radius 1 is 0.933 bits per heavy atom. The first kappa shape index (κ1) is 23.4. The van der Waals surface area contributed by atoms with Crippen LogP contribution in [0.25, 0.3) is 0 Å². The molecule has 0 aliphatic carbocycles. The van der Waals surface area contributed by atoms with E-state index in [0.29, 0.717) is 43.7 Å². The Hall–Kier alpha value is -2.87. The Balaban J connectivity index is 1.60. The van der Waals surface area contributed by atoms with Crippen LogP contribution in [0.4, 0.5) is 4.79 Å². The maximum Gasteiger partial charge on any atom is 0.513 e. The number of carbonyl (C=O) groups is 3. The van der Waals surface area contributed by atoms with Gasteiger partial charge in [0.25, 0.3) is 5.91 Å². The minimum Gasteiger partial charge on any atom is -0.434 e. The summed E-state index contributed by atoms with van der Waals surface area (Å²) < 4.78 is 10.6.